The van der Waals surface area contributed by atoms with Crippen LogP contribution < -0.4 is 4.90 Å². The van der Waals surface area contributed by atoms with Gasteiger partial charge in [0.2, 0.25) is 0 Å². The van der Waals surface area contributed by atoms with Gasteiger partial charge in [-0.3, -0.25) is 0 Å². The van der Waals surface area contributed by atoms with Gasteiger partial charge in [0.15, 0.2) is 0 Å². The van der Waals surface area contributed by atoms with Gasteiger partial charge in [-0.15, -0.1) is 0 Å². The average Bonchev–Trinajstić information content (AvgIpc) is 2.30. The maximum absolute atomic E-state index is 8.91. The summed E-state index contributed by atoms with van der Waals surface area (Å²) in [6.07, 6.45) is 0. The van der Waals surface area contributed by atoms with Crippen LogP contribution in [0.25, 0.3) is 0 Å². The smallest absolute Gasteiger partial charge is 0.115 e. The van der Waals surface area contributed by atoms with Crippen molar-refractivity contribution >= 4 is 5.69 Å². The Kier molecular flexibility index (Phi) is 3.71. The van der Waals surface area contributed by atoms with E-state index in [-0.39, 0.29) is 12.1 Å². The minimum Gasteiger partial charge on any atom is -0.340 e. The lowest BCUT2D eigenvalue weighted by Crippen LogP contribution is -2.38. The van der Waals surface area contributed by atoms with Crippen LogP contribution in [-0.2, 0) is 0 Å². The molecular weight excluding hydrogens is 186 g/mol. The Balaban J connectivity index is 3.04. The molecule has 0 amide bonds. The van der Waals surface area contributed by atoms with Crippen molar-refractivity contribution in [3.8, 4) is 12.1 Å². The number of hydrogen-bond donors (Lipinski definition) is 0. The van der Waals surface area contributed by atoms with Gasteiger partial charge in [0.25, 0.3) is 0 Å². The maximum Gasteiger partial charge on any atom is 0.115 e. The zero-order chi connectivity index (χ0) is 11.3. The Morgan fingerprint density at radius 2 is 1.47 bits per heavy atom. The Bertz CT molecular complexity index is 366. The zero-order valence-electron chi connectivity index (χ0n) is 8.88. The van der Waals surface area contributed by atoms with Crippen molar-refractivity contribution < 1.29 is 0 Å². The minimum absolute atomic E-state index is 0.304. The predicted octanol–water partition coefficient (Wildman–Crippen LogP) is 2.32. The summed E-state index contributed by atoms with van der Waals surface area (Å²) in [5.74, 6) is 0. The average molecular weight is 199 g/mol. The third-order valence-corrected chi connectivity index (χ3v) is 2.26. The van der Waals surface area contributed by atoms with Gasteiger partial charge in [0.1, 0.15) is 12.1 Å². The molecule has 76 valence electrons. The Morgan fingerprint density at radius 1 is 1.00 bits per heavy atom. The molecule has 0 aliphatic rings. The van der Waals surface area contributed by atoms with E-state index in [0.717, 1.165) is 5.69 Å². The summed E-state index contributed by atoms with van der Waals surface area (Å²) in [5.41, 5.74) is 0.903. The van der Waals surface area contributed by atoms with E-state index >= 15 is 0 Å². The fourth-order valence-electron chi connectivity index (χ4n) is 1.51. The molecule has 1 aromatic carbocycles. The van der Waals surface area contributed by atoms with Crippen molar-refractivity contribution in [2.24, 2.45) is 0 Å². The number of nitriles is 2. The van der Waals surface area contributed by atoms with Crippen molar-refractivity contribution in [2.75, 3.05) is 4.90 Å². The first kappa shape index (κ1) is 11.1. The first-order chi connectivity index (χ1) is 7.20. The van der Waals surface area contributed by atoms with Gasteiger partial charge in [-0.05, 0) is 26.0 Å². The summed E-state index contributed by atoms with van der Waals surface area (Å²) in [7, 11) is 0. The van der Waals surface area contributed by atoms with E-state index in [2.05, 4.69) is 12.1 Å². The molecule has 0 unspecified atom stereocenters. The summed E-state index contributed by atoms with van der Waals surface area (Å²) in [4.78, 5) is 1.81. The molecule has 15 heavy (non-hydrogen) atoms. The Morgan fingerprint density at radius 3 is 1.87 bits per heavy atom. The van der Waals surface area contributed by atoms with E-state index in [4.69, 9.17) is 10.5 Å². The highest BCUT2D eigenvalue weighted by molar-refractivity contribution is 5.50. The van der Waals surface area contributed by atoms with Crippen LogP contribution in [-0.4, -0.2) is 12.1 Å². The van der Waals surface area contributed by atoms with Gasteiger partial charge in [-0.2, -0.15) is 10.5 Å². The quantitative estimate of drug-likeness (QED) is 0.750. The van der Waals surface area contributed by atoms with Crippen molar-refractivity contribution in [3.05, 3.63) is 30.3 Å². The number of para-hydroxylation sites is 1. The molecule has 0 fully saturated rings. The highest BCUT2D eigenvalue weighted by Crippen LogP contribution is 2.18. The van der Waals surface area contributed by atoms with Crippen molar-refractivity contribution in [1.82, 2.24) is 0 Å². The van der Waals surface area contributed by atoms with Gasteiger partial charge < -0.3 is 4.90 Å². The lowest BCUT2D eigenvalue weighted by Gasteiger charge is -2.29. The van der Waals surface area contributed by atoms with E-state index < -0.39 is 0 Å². The van der Waals surface area contributed by atoms with Crippen LogP contribution in [0.5, 0.6) is 0 Å². The molecule has 0 aliphatic carbocycles. The summed E-state index contributed by atoms with van der Waals surface area (Å²) in [6, 6.07) is 13.2. The summed E-state index contributed by atoms with van der Waals surface area (Å²) < 4.78 is 0. The van der Waals surface area contributed by atoms with Crippen LogP contribution in [0.1, 0.15) is 13.8 Å². The molecule has 3 heteroatoms. The van der Waals surface area contributed by atoms with E-state index in [1.54, 1.807) is 18.7 Å². The highest BCUT2D eigenvalue weighted by Gasteiger charge is 2.19. The van der Waals surface area contributed by atoms with E-state index in [1.165, 1.54) is 0 Å². The van der Waals surface area contributed by atoms with Gasteiger partial charge in [0, 0.05) is 5.69 Å². The van der Waals surface area contributed by atoms with Crippen LogP contribution in [0, 0.1) is 22.7 Å². The fraction of sp³-hybridized carbons (Fsp3) is 0.333. The summed E-state index contributed by atoms with van der Waals surface area (Å²) in [6.45, 7) is 3.58. The van der Waals surface area contributed by atoms with E-state index in [0.29, 0.717) is 0 Å². The van der Waals surface area contributed by atoms with Crippen LogP contribution in [0.15, 0.2) is 30.3 Å². The van der Waals surface area contributed by atoms with Crippen molar-refractivity contribution in [3.63, 3.8) is 0 Å². The lowest BCUT2D eigenvalue weighted by atomic mass is 10.2. The first-order valence-corrected chi connectivity index (χ1v) is 4.83. The van der Waals surface area contributed by atoms with E-state index in [1.807, 2.05) is 30.3 Å². The molecule has 0 N–H and O–H groups in total. The minimum atomic E-state index is -0.304. The molecule has 1 rings (SSSR count). The number of nitrogens with zero attached hydrogens (tertiary/aromatic N) is 3. The normalized spacial score (nSPS) is 13.3. The molecule has 0 aromatic heterocycles. The van der Waals surface area contributed by atoms with Gasteiger partial charge in [-0.25, -0.2) is 0 Å². The van der Waals surface area contributed by atoms with E-state index in [9.17, 15) is 0 Å². The molecule has 0 spiro atoms. The van der Waals surface area contributed by atoms with Gasteiger partial charge in [0.05, 0.1) is 12.1 Å². The standard InChI is InChI=1S/C12H13N3/c1-10(8-13)15(11(2)9-14)12-6-4-3-5-7-12/h3-7,10-11H,1-2H3/t10-,11+. The first-order valence-electron chi connectivity index (χ1n) is 4.83. The third-order valence-electron chi connectivity index (χ3n) is 2.26. The second-order valence-corrected chi connectivity index (χ2v) is 3.35. The van der Waals surface area contributed by atoms with Gasteiger partial charge in [-0.1, -0.05) is 18.2 Å². The van der Waals surface area contributed by atoms with Crippen LogP contribution in [0.2, 0.25) is 0 Å². The lowest BCUT2D eigenvalue weighted by molar-refractivity contribution is 0.697. The molecule has 0 radical (unpaired) electrons. The number of rotatable bonds is 3. The van der Waals surface area contributed by atoms with Crippen LogP contribution in [0.4, 0.5) is 5.69 Å². The topological polar surface area (TPSA) is 50.8 Å². The summed E-state index contributed by atoms with van der Waals surface area (Å²) in [5, 5.41) is 17.8. The Labute approximate surface area is 90.2 Å². The molecular formula is C12H13N3. The molecule has 2 atom stereocenters. The molecule has 0 saturated carbocycles. The molecule has 0 bridgehead atoms. The van der Waals surface area contributed by atoms with Gasteiger partial charge >= 0.3 is 0 Å². The number of benzene rings is 1. The zero-order valence-corrected chi connectivity index (χ0v) is 8.88. The number of hydrogen-bond acceptors (Lipinski definition) is 3. The molecule has 1 aromatic rings. The molecule has 0 saturated heterocycles. The highest BCUT2D eigenvalue weighted by atomic mass is 15.2. The summed E-state index contributed by atoms with van der Waals surface area (Å²) >= 11 is 0. The molecule has 3 nitrogen and oxygen atoms in total. The predicted molar refractivity (Wildman–Crippen MR) is 59.1 cm³/mol. The van der Waals surface area contributed by atoms with Crippen molar-refractivity contribution in [2.45, 2.75) is 25.9 Å². The molecule has 0 heterocycles. The SMILES string of the molecule is C[C@H](C#N)N(c1ccccc1)[C@@H](C)C#N. The Hall–Kier alpha value is -2.00. The fourth-order valence-corrected chi connectivity index (χ4v) is 1.51. The second kappa shape index (κ2) is 5.02. The maximum atomic E-state index is 8.91. The van der Waals surface area contributed by atoms with Crippen LogP contribution >= 0.6 is 0 Å². The molecule has 0 aliphatic heterocycles. The second-order valence-electron chi connectivity index (χ2n) is 3.35. The number of anilines is 1. The third kappa shape index (κ3) is 2.48. The largest absolute Gasteiger partial charge is 0.340 e. The van der Waals surface area contributed by atoms with Crippen LogP contribution in [0.3, 0.4) is 0 Å². The monoisotopic (exact) mass is 199 g/mol. The van der Waals surface area contributed by atoms with Crippen molar-refractivity contribution in [1.29, 1.82) is 10.5 Å².